The van der Waals surface area contributed by atoms with E-state index in [0.717, 1.165) is 116 Å². The second kappa shape index (κ2) is 53.5. The van der Waals surface area contributed by atoms with E-state index in [9.17, 15) is 66.2 Å². The molecule has 8 N–H and O–H groups in total. The third kappa shape index (κ3) is 48.2. The van der Waals surface area contributed by atoms with E-state index >= 15 is 0 Å². The first kappa shape index (κ1) is 101. The average molecular weight is 1590 g/mol. The van der Waals surface area contributed by atoms with Crippen LogP contribution in [0.2, 0.25) is 0 Å². The van der Waals surface area contributed by atoms with E-state index in [1.807, 2.05) is 48.5 Å². The standard InChI is InChI=1S/C61H131O32P7/c1-13-24-40-83-99(73,74)92-57(48-79-54-61(36-20-8,37-21-9)38-22-10)93-100(75,76)89-51-58(12,49-87-95(65,66)81-41-28-26-25-27-39-62)50-88-96(67,68)86-47-56(45-78-53-60(33-17-5,34-18-6)35-19-7)91-98(71,72)84-43-29-42-82-94(63,64)85-46-55(90-97(69,70)80-23-11)44-77-52-59(30-14-2,31-15-3)32-16-4/h55-57,62H,13-54H2,1-12H3,(H,63,64)(H,65,66)(H,67,68)(H,69,70)(H,71,72)(H,73,74)(H,75,76). The first-order chi connectivity index (χ1) is 46.9. The van der Waals surface area contributed by atoms with Crippen molar-refractivity contribution in [3.63, 3.8) is 0 Å². The Morgan fingerprint density at radius 3 is 0.940 bits per heavy atom. The number of ether oxygens (including phenoxy) is 3. The van der Waals surface area contributed by atoms with Gasteiger partial charge in [0.2, 0.25) is 6.29 Å². The minimum Gasteiger partial charge on any atom is -0.396 e. The Morgan fingerprint density at radius 1 is 0.290 bits per heavy atom. The molecule has 0 aromatic rings. The summed E-state index contributed by atoms with van der Waals surface area (Å²) in [7, 11) is -35.6. The summed E-state index contributed by atoms with van der Waals surface area (Å²) in [5, 5.41) is 9.12. The van der Waals surface area contributed by atoms with Crippen LogP contribution in [0.3, 0.4) is 0 Å². The second-order valence-corrected chi connectivity index (χ2v) is 36.0. The molecule has 0 radical (unpaired) electrons. The summed E-state index contributed by atoms with van der Waals surface area (Å²) < 4.78 is 184. The van der Waals surface area contributed by atoms with Gasteiger partial charge in [-0.2, -0.15) is 0 Å². The first-order valence-corrected chi connectivity index (χ1v) is 46.2. The fraction of sp³-hybridized carbons (Fsp3) is 1.00. The van der Waals surface area contributed by atoms with Crippen LogP contribution in [0.4, 0.5) is 0 Å². The Hall–Kier alpha value is 0.610. The highest BCUT2D eigenvalue weighted by atomic mass is 31.2. The number of hydrogen-bond acceptors (Lipinski definition) is 25. The average Bonchev–Trinajstić information content (AvgIpc) is 0.852. The zero-order valence-electron chi connectivity index (χ0n) is 61.9. The van der Waals surface area contributed by atoms with Crippen molar-refractivity contribution in [1.29, 1.82) is 0 Å². The summed E-state index contributed by atoms with van der Waals surface area (Å²) >= 11 is 0. The molecule has 0 spiro atoms. The highest BCUT2D eigenvalue weighted by molar-refractivity contribution is 7.49. The van der Waals surface area contributed by atoms with Gasteiger partial charge in [0.25, 0.3) is 0 Å². The molecule has 100 heavy (non-hydrogen) atoms. The number of phosphoric acid groups is 7. The molecule has 0 bridgehead atoms. The maximum Gasteiger partial charge on any atom is 0.474 e. The van der Waals surface area contributed by atoms with Crippen LogP contribution in [-0.4, -0.2) is 170 Å². The maximum atomic E-state index is 13.9. The van der Waals surface area contributed by atoms with Gasteiger partial charge in [0, 0.05) is 12.0 Å². The molecule has 0 aliphatic heterocycles. The van der Waals surface area contributed by atoms with Crippen LogP contribution in [-0.2, 0) is 109 Å². The van der Waals surface area contributed by atoms with Gasteiger partial charge >= 0.3 is 54.8 Å². The summed E-state index contributed by atoms with van der Waals surface area (Å²) in [6, 6.07) is 0. The lowest BCUT2D eigenvalue weighted by Gasteiger charge is -2.34. The largest absolute Gasteiger partial charge is 0.474 e. The third-order valence-corrected chi connectivity index (χ3v) is 23.0. The minimum atomic E-state index is -5.47. The number of unbranched alkanes of at least 4 members (excludes halogenated alkanes) is 4. The van der Waals surface area contributed by atoms with E-state index in [1.54, 1.807) is 0 Å². The van der Waals surface area contributed by atoms with Crippen molar-refractivity contribution in [1.82, 2.24) is 0 Å². The van der Waals surface area contributed by atoms with E-state index in [2.05, 4.69) is 20.8 Å². The Balaban J connectivity index is 6.83. The number of hydrogen-bond donors (Lipinski definition) is 8. The van der Waals surface area contributed by atoms with Crippen molar-refractivity contribution < 1.29 is 149 Å². The van der Waals surface area contributed by atoms with Crippen LogP contribution >= 0.6 is 54.8 Å². The quantitative estimate of drug-likeness (QED) is 0.0159. The van der Waals surface area contributed by atoms with Crippen LogP contribution in [0, 0.1) is 21.7 Å². The summed E-state index contributed by atoms with van der Waals surface area (Å²) in [6.45, 7) is 15.1. The van der Waals surface area contributed by atoms with Crippen molar-refractivity contribution in [2.45, 2.75) is 262 Å². The second-order valence-electron chi connectivity index (χ2n) is 26.0. The highest BCUT2D eigenvalue weighted by Crippen LogP contribution is 2.55. The van der Waals surface area contributed by atoms with E-state index in [1.165, 1.54) is 13.8 Å². The predicted molar refractivity (Wildman–Crippen MR) is 377 cm³/mol. The van der Waals surface area contributed by atoms with E-state index in [4.69, 9.17) is 82.6 Å². The zero-order chi connectivity index (χ0) is 76.0. The normalized spacial score (nSPS) is 18.6. The van der Waals surface area contributed by atoms with Crippen molar-refractivity contribution in [3.05, 3.63) is 0 Å². The minimum absolute atomic E-state index is 0.0534. The topological polar surface area (TPSA) is 438 Å². The van der Waals surface area contributed by atoms with Gasteiger partial charge in [-0.3, -0.25) is 63.3 Å². The van der Waals surface area contributed by atoms with Gasteiger partial charge in [-0.25, -0.2) is 32.0 Å². The van der Waals surface area contributed by atoms with Crippen molar-refractivity contribution in [3.8, 4) is 0 Å². The molecule has 0 saturated heterocycles. The third-order valence-electron chi connectivity index (χ3n) is 15.9. The first-order valence-electron chi connectivity index (χ1n) is 35.7. The molecule has 0 fully saturated rings. The fourth-order valence-corrected chi connectivity index (χ4v) is 18.0. The number of rotatable bonds is 72. The van der Waals surface area contributed by atoms with E-state index in [-0.39, 0.29) is 81.9 Å². The molecule has 11 unspecified atom stereocenters. The molecule has 32 nitrogen and oxygen atoms in total. The van der Waals surface area contributed by atoms with Crippen LogP contribution < -0.4 is 0 Å². The summed E-state index contributed by atoms with van der Waals surface area (Å²) in [5.41, 5.74) is -2.78. The smallest absolute Gasteiger partial charge is 0.396 e. The molecule has 0 amide bonds. The predicted octanol–water partition coefficient (Wildman–Crippen LogP) is 16.0. The molecule has 0 aliphatic carbocycles. The Labute approximate surface area is 597 Å². The van der Waals surface area contributed by atoms with Crippen LogP contribution in [0.5, 0.6) is 0 Å². The summed E-state index contributed by atoms with van der Waals surface area (Å²) in [4.78, 5) is 75.7. The summed E-state index contributed by atoms with van der Waals surface area (Å²) in [6.07, 6.45) is 12.2. The van der Waals surface area contributed by atoms with Gasteiger partial charge in [-0.05, 0) is 107 Å². The Morgan fingerprint density at radius 2 is 0.580 bits per heavy atom. The van der Waals surface area contributed by atoms with Crippen LogP contribution in [0.15, 0.2) is 0 Å². The van der Waals surface area contributed by atoms with Gasteiger partial charge in [-0.15, -0.1) is 0 Å². The molecule has 0 saturated carbocycles. The monoisotopic (exact) mass is 1590 g/mol. The molecule has 0 aromatic heterocycles. The van der Waals surface area contributed by atoms with Gasteiger partial charge in [0.05, 0.1) is 106 Å². The zero-order valence-corrected chi connectivity index (χ0v) is 68.2. The SMILES string of the molecule is CCCCOP(=O)(O)OC(COCC(CCC)(CCC)CCC)OP(=O)(O)OCC(C)(COP(=O)(O)OCCCCCCO)COP(=O)(O)OCC(COCC(CCC)(CCC)CCC)OP(=O)(O)OCCCOP(=O)(O)OCC(COCC(CCC)(CCC)CCC)OP(=O)(O)OCC. The molecular formula is C61H131O32P7. The lowest BCUT2D eigenvalue weighted by molar-refractivity contribution is -0.106. The number of phosphoric ester groups is 7. The lowest BCUT2D eigenvalue weighted by atomic mass is 9.76. The van der Waals surface area contributed by atoms with E-state index < -0.39 is 138 Å². The van der Waals surface area contributed by atoms with Gasteiger partial charge < -0.3 is 53.6 Å². The van der Waals surface area contributed by atoms with Gasteiger partial charge in [-0.1, -0.05) is 153 Å². The fourth-order valence-electron chi connectivity index (χ4n) is 11.8. The lowest BCUT2D eigenvalue weighted by Crippen LogP contribution is -2.34. The van der Waals surface area contributed by atoms with E-state index in [0.29, 0.717) is 32.1 Å². The summed E-state index contributed by atoms with van der Waals surface area (Å²) in [5.74, 6) is 0. The molecule has 0 rings (SSSR count). The van der Waals surface area contributed by atoms with Crippen LogP contribution in [0.1, 0.15) is 244 Å². The molecule has 0 aromatic carbocycles. The van der Waals surface area contributed by atoms with Gasteiger partial charge in [0.1, 0.15) is 12.2 Å². The molecule has 602 valence electrons. The van der Waals surface area contributed by atoms with Crippen molar-refractivity contribution >= 4 is 54.8 Å². The number of aliphatic hydroxyl groups excluding tert-OH is 1. The van der Waals surface area contributed by atoms with Crippen molar-refractivity contribution in [2.75, 3.05) is 112 Å². The van der Waals surface area contributed by atoms with Crippen LogP contribution in [0.25, 0.3) is 0 Å². The van der Waals surface area contributed by atoms with Gasteiger partial charge in [0.15, 0.2) is 0 Å². The number of aliphatic hydroxyl groups is 1. The highest BCUT2D eigenvalue weighted by Gasteiger charge is 2.42. The molecule has 0 heterocycles. The molecule has 0 aliphatic rings. The van der Waals surface area contributed by atoms with Crippen molar-refractivity contribution in [2.24, 2.45) is 21.7 Å². The molecule has 39 heteroatoms. The molecular weight excluding hydrogens is 1460 g/mol. The Bertz CT molecular complexity index is 2400. The maximum absolute atomic E-state index is 13.9. The molecule has 11 atom stereocenters. The Kier molecular flexibility index (Phi) is 53.8.